The van der Waals surface area contributed by atoms with Gasteiger partial charge in [-0.15, -0.1) is 0 Å². The largest absolute Gasteiger partial charge is 0.334 e. The summed E-state index contributed by atoms with van der Waals surface area (Å²) in [5.41, 5.74) is 4.57. The fourth-order valence-corrected chi connectivity index (χ4v) is 4.18. The van der Waals surface area contributed by atoms with Crippen molar-refractivity contribution in [2.24, 2.45) is 0 Å². The Bertz CT molecular complexity index is 1360. The van der Waals surface area contributed by atoms with Crippen LogP contribution in [0.3, 0.4) is 0 Å². The number of hydrogen-bond donors (Lipinski definition) is 1. The first-order valence-electron chi connectivity index (χ1n) is 11.1. The minimum absolute atomic E-state index is 0.294. The summed E-state index contributed by atoms with van der Waals surface area (Å²) in [4.78, 5) is 19.3. The molecule has 3 aromatic carbocycles. The van der Waals surface area contributed by atoms with Crippen LogP contribution in [0.25, 0.3) is 17.0 Å². The Balaban J connectivity index is 1.63. The molecule has 4 aromatic rings. The number of rotatable bonds is 5. The average molecular weight is 455 g/mol. The normalized spacial score (nSPS) is 16.0. The number of nitrogens with one attached hydrogen (secondary N) is 1. The highest BCUT2D eigenvalue weighted by atomic mass is 19.1. The molecular formula is C27H23FN4O2. The zero-order valence-corrected chi connectivity index (χ0v) is 18.8. The van der Waals surface area contributed by atoms with Gasteiger partial charge in [-0.1, -0.05) is 72.7 Å². The van der Waals surface area contributed by atoms with Crippen molar-refractivity contribution in [2.45, 2.75) is 26.3 Å². The van der Waals surface area contributed by atoms with Gasteiger partial charge >= 0.3 is 6.03 Å². The molecule has 0 fully saturated rings. The van der Waals surface area contributed by atoms with Crippen molar-refractivity contribution in [3.63, 3.8) is 0 Å². The molecule has 2 heterocycles. The highest BCUT2D eigenvalue weighted by molar-refractivity contribution is 6.01. The van der Waals surface area contributed by atoms with Crippen LogP contribution in [0.2, 0.25) is 0 Å². The summed E-state index contributed by atoms with van der Waals surface area (Å²) < 4.78 is 19.7. The summed E-state index contributed by atoms with van der Waals surface area (Å²) in [6.07, 6.45) is 0.943. The molecule has 0 aliphatic carbocycles. The molecule has 170 valence electrons. The maximum Gasteiger partial charge on any atom is 0.327 e. The maximum absolute atomic E-state index is 14.0. The van der Waals surface area contributed by atoms with Crippen LogP contribution in [-0.2, 0) is 6.42 Å². The molecule has 0 radical (unpaired) electrons. The molecule has 1 unspecified atom stereocenters. The molecule has 0 bridgehead atoms. The van der Waals surface area contributed by atoms with E-state index in [1.807, 2.05) is 54.6 Å². The second-order valence-corrected chi connectivity index (χ2v) is 8.08. The molecule has 1 aromatic heterocycles. The van der Waals surface area contributed by atoms with Crippen LogP contribution in [0, 0.1) is 5.82 Å². The first-order chi connectivity index (χ1) is 16.5. The summed E-state index contributed by atoms with van der Waals surface area (Å²) in [5.74, 6) is 0.321. The highest BCUT2D eigenvalue weighted by Gasteiger charge is 2.36. The van der Waals surface area contributed by atoms with Gasteiger partial charge in [-0.2, -0.15) is 4.98 Å². The van der Waals surface area contributed by atoms with Crippen molar-refractivity contribution < 1.29 is 13.7 Å². The van der Waals surface area contributed by atoms with E-state index in [0.29, 0.717) is 28.7 Å². The second kappa shape index (κ2) is 8.94. The highest BCUT2D eigenvalue weighted by Crippen LogP contribution is 2.39. The Labute approximate surface area is 196 Å². The van der Waals surface area contributed by atoms with E-state index >= 15 is 0 Å². The summed E-state index contributed by atoms with van der Waals surface area (Å²) in [7, 11) is 0. The molecule has 34 heavy (non-hydrogen) atoms. The van der Waals surface area contributed by atoms with Gasteiger partial charge in [0.15, 0.2) is 0 Å². The van der Waals surface area contributed by atoms with Crippen LogP contribution in [-0.4, -0.2) is 16.2 Å². The van der Waals surface area contributed by atoms with Gasteiger partial charge in [-0.05, 0) is 42.7 Å². The van der Waals surface area contributed by atoms with Crippen molar-refractivity contribution in [1.82, 2.24) is 15.5 Å². The summed E-state index contributed by atoms with van der Waals surface area (Å²) >= 11 is 0. The van der Waals surface area contributed by atoms with Crippen LogP contribution >= 0.6 is 0 Å². The number of hydrogen-bond acceptors (Lipinski definition) is 4. The van der Waals surface area contributed by atoms with Crippen molar-refractivity contribution in [2.75, 3.05) is 4.90 Å². The maximum atomic E-state index is 14.0. The SMILES string of the molecule is CCc1ccc(-c2noc(C3=C(C)N(c4cccc(F)c4)C(=O)NC3c3ccccc3)n2)cc1. The lowest BCUT2D eigenvalue weighted by Gasteiger charge is -2.35. The quantitative estimate of drug-likeness (QED) is 0.393. The van der Waals surface area contributed by atoms with Crippen molar-refractivity contribution in [3.8, 4) is 11.4 Å². The van der Waals surface area contributed by atoms with Gasteiger partial charge in [0.05, 0.1) is 17.3 Å². The monoisotopic (exact) mass is 454 g/mol. The van der Waals surface area contributed by atoms with E-state index < -0.39 is 11.9 Å². The standard InChI is InChI=1S/C27H23FN4O2/c1-3-18-12-14-20(15-13-18)25-30-26(34-31-25)23-17(2)32(22-11-7-10-21(28)16-22)27(33)29-24(23)19-8-5-4-6-9-19/h4-16,24H,3H2,1-2H3,(H,29,33). The third-order valence-electron chi connectivity index (χ3n) is 5.96. The molecule has 0 saturated heterocycles. The predicted octanol–water partition coefficient (Wildman–Crippen LogP) is 6.14. The molecule has 0 saturated carbocycles. The fraction of sp³-hybridized carbons (Fsp3) is 0.148. The Morgan fingerprint density at radius 1 is 1.03 bits per heavy atom. The summed E-state index contributed by atoms with van der Waals surface area (Å²) in [5, 5.41) is 7.22. The number of urea groups is 1. The number of aryl methyl sites for hydroxylation is 1. The number of anilines is 1. The topological polar surface area (TPSA) is 71.3 Å². The predicted molar refractivity (Wildman–Crippen MR) is 128 cm³/mol. The van der Waals surface area contributed by atoms with Crippen LogP contribution < -0.4 is 10.2 Å². The number of benzene rings is 3. The van der Waals surface area contributed by atoms with E-state index in [4.69, 9.17) is 4.52 Å². The summed E-state index contributed by atoms with van der Waals surface area (Å²) in [6.45, 7) is 3.90. The van der Waals surface area contributed by atoms with Crippen molar-refractivity contribution in [1.29, 1.82) is 0 Å². The average Bonchev–Trinajstić information content (AvgIpc) is 3.34. The zero-order chi connectivity index (χ0) is 23.7. The fourth-order valence-electron chi connectivity index (χ4n) is 4.18. The molecular weight excluding hydrogens is 431 g/mol. The first kappa shape index (κ1) is 21.6. The third-order valence-corrected chi connectivity index (χ3v) is 5.96. The Morgan fingerprint density at radius 2 is 1.79 bits per heavy atom. The number of carbonyl (C=O) groups is 1. The van der Waals surface area contributed by atoms with Crippen LogP contribution in [0.15, 0.2) is 89.1 Å². The first-order valence-corrected chi connectivity index (χ1v) is 11.1. The van der Waals surface area contributed by atoms with Gasteiger partial charge < -0.3 is 9.84 Å². The van der Waals surface area contributed by atoms with Gasteiger partial charge in [0.2, 0.25) is 5.82 Å². The van der Waals surface area contributed by atoms with Crippen LogP contribution in [0.4, 0.5) is 14.9 Å². The number of nitrogens with zero attached hydrogens (tertiary/aromatic N) is 3. The van der Waals surface area contributed by atoms with E-state index in [2.05, 4.69) is 22.4 Å². The van der Waals surface area contributed by atoms with E-state index in [0.717, 1.165) is 17.5 Å². The molecule has 1 N–H and O–H groups in total. The minimum Gasteiger partial charge on any atom is -0.334 e. The molecule has 5 rings (SSSR count). The lowest BCUT2D eigenvalue weighted by Crippen LogP contribution is -2.46. The Morgan fingerprint density at radius 3 is 2.50 bits per heavy atom. The van der Waals surface area contributed by atoms with Crippen LogP contribution in [0.1, 0.15) is 36.9 Å². The van der Waals surface area contributed by atoms with Gasteiger partial charge in [0.25, 0.3) is 5.89 Å². The number of aromatic nitrogens is 2. The molecule has 1 aliphatic heterocycles. The van der Waals surface area contributed by atoms with Crippen LogP contribution in [0.5, 0.6) is 0 Å². The Kier molecular flexibility index (Phi) is 5.67. The van der Waals surface area contributed by atoms with Crippen molar-refractivity contribution in [3.05, 3.63) is 107 Å². The molecule has 2 amide bonds. The number of amides is 2. The summed E-state index contributed by atoms with van der Waals surface area (Å²) in [6, 6.07) is 22.6. The molecule has 1 aliphatic rings. The minimum atomic E-state index is -0.505. The number of allylic oxidation sites excluding steroid dienone is 1. The van der Waals surface area contributed by atoms with E-state index in [1.54, 1.807) is 19.1 Å². The van der Waals surface area contributed by atoms with Gasteiger partial charge in [0.1, 0.15) is 5.82 Å². The van der Waals surface area contributed by atoms with Gasteiger partial charge in [-0.3, -0.25) is 4.90 Å². The lowest BCUT2D eigenvalue weighted by molar-refractivity contribution is 0.244. The van der Waals surface area contributed by atoms with Gasteiger partial charge in [-0.25, -0.2) is 9.18 Å². The van der Waals surface area contributed by atoms with E-state index in [1.165, 1.54) is 22.6 Å². The molecule has 7 heteroatoms. The van der Waals surface area contributed by atoms with Crippen molar-refractivity contribution >= 4 is 17.3 Å². The molecule has 6 nitrogen and oxygen atoms in total. The Hall–Kier alpha value is -4.26. The van der Waals surface area contributed by atoms with Gasteiger partial charge in [0, 0.05) is 11.3 Å². The molecule has 1 atom stereocenters. The van der Waals surface area contributed by atoms with E-state index in [-0.39, 0.29) is 6.03 Å². The second-order valence-electron chi connectivity index (χ2n) is 8.08. The lowest BCUT2D eigenvalue weighted by atomic mass is 9.94. The number of halogens is 1. The zero-order valence-electron chi connectivity index (χ0n) is 18.8. The number of carbonyl (C=O) groups excluding carboxylic acids is 1. The molecule has 0 spiro atoms. The van der Waals surface area contributed by atoms with E-state index in [9.17, 15) is 9.18 Å². The smallest absolute Gasteiger partial charge is 0.327 e. The third kappa shape index (κ3) is 3.96.